The quantitative estimate of drug-likeness (QED) is 0.757. The average molecular weight is 315 g/mol. The molecule has 0 aliphatic carbocycles. The molecule has 0 saturated carbocycles. The summed E-state index contributed by atoms with van der Waals surface area (Å²) in [6.07, 6.45) is 2.10. The van der Waals surface area contributed by atoms with Crippen LogP contribution in [0, 0.1) is 6.92 Å². The first-order valence-electron chi connectivity index (χ1n) is 6.27. The lowest BCUT2D eigenvalue weighted by atomic mass is 10.1. The first kappa shape index (κ1) is 12.5. The smallest absolute Gasteiger partial charge is 0.0601 e. The Hall–Kier alpha value is -1.58. The summed E-state index contributed by atoms with van der Waals surface area (Å²) in [5.41, 5.74) is 11.7. The van der Waals surface area contributed by atoms with E-state index in [4.69, 9.17) is 5.73 Å². The van der Waals surface area contributed by atoms with Crippen molar-refractivity contribution in [2.24, 2.45) is 5.73 Å². The van der Waals surface area contributed by atoms with Crippen molar-refractivity contribution in [2.45, 2.75) is 13.5 Å². The molecule has 0 radical (unpaired) electrons. The lowest BCUT2D eigenvalue weighted by Crippen LogP contribution is -1.96. The van der Waals surface area contributed by atoms with Crippen molar-refractivity contribution in [1.82, 2.24) is 4.40 Å². The summed E-state index contributed by atoms with van der Waals surface area (Å²) >= 11 is 3.69. The molecule has 2 aromatic heterocycles. The van der Waals surface area contributed by atoms with E-state index in [0.717, 1.165) is 10.0 Å². The molecule has 0 saturated heterocycles. The van der Waals surface area contributed by atoms with Crippen LogP contribution < -0.4 is 5.73 Å². The Kier molecular flexibility index (Phi) is 3.17. The van der Waals surface area contributed by atoms with E-state index in [1.165, 1.54) is 22.3 Å². The Bertz CT molecular complexity index is 726. The van der Waals surface area contributed by atoms with Gasteiger partial charge in [0, 0.05) is 17.2 Å². The average Bonchev–Trinajstić information content (AvgIpc) is 2.72. The van der Waals surface area contributed by atoms with E-state index >= 15 is 0 Å². The highest BCUT2D eigenvalue weighted by Gasteiger charge is 2.13. The van der Waals surface area contributed by atoms with Gasteiger partial charge in [-0.15, -0.1) is 0 Å². The minimum absolute atomic E-state index is 0.581. The number of rotatable bonds is 2. The minimum Gasteiger partial charge on any atom is -0.326 e. The second-order valence-electron chi connectivity index (χ2n) is 4.64. The molecule has 3 aromatic rings. The second-order valence-corrected chi connectivity index (χ2v) is 5.44. The monoisotopic (exact) mass is 314 g/mol. The van der Waals surface area contributed by atoms with E-state index in [1.807, 2.05) is 0 Å². The first-order valence-corrected chi connectivity index (χ1v) is 7.06. The Morgan fingerprint density at radius 3 is 2.53 bits per heavy atom. The standard InChI is InChI=1S/C16H15BrN2/c1-11-15(17)14-4-2-3-9-19(14)16(11)13-7-5-12(10-18)6-8-13/h2-9H,10,18H2,1H3. The number of nitrogens with two attached hydrogens (primary N) is 1. The summed E-state index contributed by atoms with van der Waals surface area (Å²) in [5, 5.41) is 0. The summed E-state index contributed by atoms with van der Waals surface area (Å²) < 4.78 is 3.38. The van der Waals surface area contributed by atoms with Gasteiger partial charge in [0.1, 0.15) is 0 Å². The van der Waals surface area contributed by atoms with E-state index < -0.39 is 0 Å². The Labute approximate surface area is 121 Å². The lowest BCUT2D eigenvalue weighted by molar-refractivity contribution is 1.07. The third-order valence-corrected chi connectivity index (χ3v) is 4.47. The van der Waals surface area contributed by atoms with Crippen LogP contribution in [0.4, 0.5) is 0 Å². The highest BCUT2D eigenvalue weighted by molar-refractivity contribution is 9.10. The molecule has 3 heteroatoms. The van der Waals surface area contributed by atoms with Crippen LogP contribution in [0.25, 0.3) is 16.8 Å². The first-order chi connectivity index (χ1) is 9.22. The van der Waals surface area contributed by atoms with Crippen molar-refractivity contribution in [3.05, 3.63) is 64.3 Å². The summed E-state index contributed by atoms with van der Waals surface area (Å²) in [6.45, 7) is 2.72. The van der Waals surface area contributed by atoms with Gasteiger partial charge in [-0.25, -0.2) is 0 Å². The number of fused-ring (bicyclic) bond motifs is 1. The Morgan fingerprint density at radius 1 is 1.11 bits per heavy atom. The molecule has 0 unspecified atom stereocenters. The zero-order valence-electron chi connectivity index (χ0n) is 10.7. The van der Waals surface area contributed by atoms with Gasteiger partial charge in [0.2, 0.25) is 0 Å². The zero-order chi connectivity index (χ0) is 13.4. The van der Waals surface area contributed by atoms with Crippen LogP contribution >= 0.6 is 15.9 Å². The van der Waals surface area contributed by atoms with Crippen LogP contribution in [0.3, 0.4) is 0 Å². The number of pyridine rings is 1. The van der Waals surface area contributed by atoms with Crippen molar-refractivity contribution in [3.8, 4) is 11.3 Å². The van der Waals surface area contributed by atoms with Crippen LogP contribution in [-0.4, -0.2) is 4.40 Å². The van der Waals surface area contributed by atoms with Crippen molar-refractivity contribution < 1.29 is 0 Å². The fourth-order valence-corrected chi connectivity index (χ4v) is 2.96. The molecule has 0 bridgehead atoms. The second kappa shape index (κ2) is 4.83. The van der Waals surface area contributed by atoms with E-state index in [1.54, 1.807) is 0 Å². The number of hydrogen-bond donors (Lipinski definition) is 1. The summed E-state index contributed by atoms with van der Waals surface area (Å²) in [6, 6.07) is 14.7. The number of halogens is 1. The van der Waals surface area contributed by atoms with E-state index in [9.17, 15) is 0 Å². The predicted octanol–water partition coefficient (Wildman–Crippen LogP) is 4.14. The fourth-order valence-electron chi connectivity index (χ4n) is 2.45. The summed E-state index contributed by atoms with van der Waals surface area (Å²) in [7, 11) is 0. The van der Waals surface area contributed by atoms with Crippen molar-refractivity contribution in [3.63, 3.8) is 0 Å². The molecule has 0 aliphatic rings. The van der Waals surface area contributed by atoms with Gasteiger partial charge < -0.3 is 10.1 Å². The van der Waals surface area contributed by atoms with Crippen LogP contribution in [0.2, 0.25) is 0 Å². The van der Waals surface area contributed by atoms with Crippen molar-refractivity contribution in [2.75, 3.05) is 0 Å². The van der Waals surface area contributed by atoms with Gasteiger partial charge in [-0.1, -0.05) is 30.3 Å². The topological polar surface area (TPSA) is 30.4 Å². The van der Waals surface area contributed by atoms with Gasteiger partial charge in [-0.3, -0.25) is 0 Å². The molecule has 2 heterocycles. The van der Waals surface area contributed by atoms with Gasteiger partial charge in [0.05, 0.1) is 11.2 Å². The fraction of sp³-hybridized carbons (Fsp3) is 0.125. The molecule has 3 rings (SSSR count). The summed E-state index contributed by atoms with van der Waals surface area (Å²) in [4.78, 5) is 0. The molecule has 1 aromatic carbocycles. The number of nitrogens with zero attached hydrogens (tertiary/aromatic N) is 1. The van der Waals surface area contributed by atoms with Gasteiger partial charge in [-0.05, 0) is 51.7 Å². The minimum atomic E-state index is 0.581. The molecule has 2 nitrogen and oxygen atoms in total. The van der Waals surface area contributed by atoms with Gasteiger partial charge in [0.25, 0.3) is 0 Å². The molecular formula is C16H15BrN2. The zero-order valence-corrected chi connectivity index (χ0v) is 12.3. The molecule has 2 N–H and O–H groups in total. The molecule has 0 atom stereocenters. The molecule has 96 valence electrons. The third kappa shape index (κ3) is 1.99. The van der Waals surface area contributed by atoms with Gasteiger partial charge >= 0.3 is 0 Å². The van der Waals surface area contributed by atoms with Crippen LogP contribution in [0.5, 0.6) is 0 Å². The highest BCUT2D eigenvalue weighted by atomic mass is 79.9. The number of benzene rings is 1. The maximum absolute atomic E-state index is 5.65. The molecule has 0 aliphatic heterocycles. The van der Waals surface area contributed by atoms with E-state index in [-0.39, 0.29) is 0 Å². The van der Waals surface area contributed by atoms with Crippen LogP contribution in [0.15, 0.2) is 53.1 Å². The lowest BCUT2D eigenvalue weighted by Gasteiger charge is -2.05. The molecule has 0 fully saturated rings. The molecular weight excluding hydrogens is 300 g/mol. The highest BCUT2D eigenvalue weighted by Crippen LogP contribution is 2.34. The van der Waals surface area contributed by atoms with Crippen LogP contribution in [-0.2, 0) is 6.54 Å². The molecule has 0 spiro atoms. The normalized spacial score (nSPS) is 11.1. The van der Waals surface area contributed by atoms with Crippen molar-refractivity contribution >= 4 is 21.4 Å². The third-order valence-electron chi connectivity index (χ3n) is 3.47. The number of hydrogen-bond acceptors (Lipinski definition) is 1. The summed E-state index contributed by atoms with van der Waals surface area (Å²) in [5.74, 6) is 0. The maximum Gasteiger partial charge on any atom is 0.0601 e. The largest absolute Gasteiger partial charge is 0.326 e. The van der Waals surface area contributed by atoms with Crippen LogP contribution in [0.1, 0.15) is 11.1 Å². The SMILES string of the molecule is Cc1c(Br)c2ccccn2c1-c1ccc(CN)cc1. The van der Waals surface area contributed by atoms with E-state index in [2.05, 4.69) is 75.9 Å². The number of aromatic nitrogens is 1. The van der Waals surface area contributed by atoms with Crippen molar-refractivity contribution in [1.29, 1.82) is 0 Å². The maximum atomic E-state index is 5.65. The van der Waals surface area contributed by atoms with Gasteiger partial charge in [-0.2, -0.15) is 0 Å². The van der Waals surface area contributed by atoms with Gasteiger partial charge in [0.15, 0.2) is 0 Å². The Balaban J connectivity index is 2.26. The molecule has 0 amide bonds. The molecule has 19 heavy (non-hydrogen) atoms. The van der Waals surface area contributed by atoms with E-state index in [0.29, 0.717) is 6.54 Å². The predicted molar refractivity (Wildman–Crippen MR) is 83.2 cm³/mol. The Morgan fingerprint density at radius 2 is 1.84 bits per heavy atom.